The van der Waals surface area contributed by atoms with Gasteiger partial charge < -0.3 is 19.8 Å². The fraction of sp³-hybridized carbons (Fsp3) is 0.864. The minimum Gasteiger partial charge on any atom is -0.550 e. The number of carboxylic acids is 2. The van der Waals surface area contributed by atoms with Crippen LogP contribution in [0.3, 0.4) is 0 Å². The minimum atomic E-state index is -0.906. The zero-order valence-electron chi connectivity index (χ0n) is 33.1. The first-order valence-electron chi connectivity index (χ1n) is 21.2. The van der Waals surface area contributed by atoms with Crippen LogP contribution in [-0.4, -0.2) is 35.0 Å². The number of rotatable bonds is 38. The summed E-state index contributed by atoms with van der Waals surface area (Å²) in [6.07, 6.45) is 53.5. The van der Waals surface area contributed by atoms with Crippen molar-refractivity contribution in [1.29, 1.82) is 0 Å². The molecule has 0 aromatic carbocycles. The third-order valence-corrected chi connectivity index (χ3v) is 9.29. The molecule has 0 aromatic rings. The van der Waals surface area contributed by atoms with Crippen LogP contribution in [0.25, 0.3) is 0 Å². The van der Waals surface area contributed by atoms with Gasteiger partial charge in [0.1, 0.15) is 0 Å². The molecule has 5 heteroatoms. The van der Waals surface area contributed by atoms with Crippen molar-refractivity contribution in [3.63, 3.8) is 0 Å². The molecular weight excluding hydrogens is 617 g/mol. The molecule has 0 aliphatic heterocycles. The molecule has 0 heterocycles. The van der Waals surface area contributed by atoms with E-state index in [1.807, 2.05) is 0 Å². The van der Waals surface area contributed by atoms with E-state index in [0.29, 0.717) is 0 Å². The maximum absolute atomic E-state index is 10.3. The van der Waals surface area contributed by atoms with E-state index in [1.165, 1.54) is 193 Å². The van der Waals surface area contributed by atoms with Gasteiger partial charge in [0, 0.05) is 11.9 Å². The van der Waals surface area contributed by atoms with E-state index in [4.69, 9.17) is 0 Å². The van der Waals surface area contributed by atoms with Crippen LogP contribution in [0.5, 0.6) is 0 Å². The molecule has 0 radical (unpaired) electrons. The summed E-state index contributed by atoms with van der Waals surface area (Å²) < 4.78 is 0. The van der Waals surface area contributed by atoms with Gasteiger partial charge in [-0.3, -0.25) is 0 Å². The average molecular weight is 699 g/mol. The van der Waals surface area contributed by atoms with Crippen LogP contribution in [0.4, 0.5) is 0 Å². The summed E-state index contributed by atoms with van der Waals surface area (Å²) in [4.78, 5) is 20.5. The average Bonchev–Trinajstić information content (AvgIpc) is 3.07. The Bertz CT molecular complexity index is 632. The summed E-state index contributed by atoms with van der Waals surface area (Å²) in [7, 11) is 0. The number of unbranched alkanes of at least 4 members (excludes halogenated alkanes) is 30. The maximum Gasteiger partial charge on any atom is 2.00 e. The number of allylic oxidation sites excluding steroid dienone is 4. The zero-order chi connectivity index (χ0) is 35.4. The van der Waals surface area contributed by atoms with Crippen molar-refractivity contribution in [1.82, 2.24) is 0 Å². The summed E-state index contributed by atoms with van der Waals surface area (Å²) in [5.41, 5.74) is 0. The van der Waals surface area contributed by atoms with Gasteiger partial charge in [0.2, 0.25) is 0 Å². The van der Waals surface area contributed by atoms with Crippen LogP contribution >= 0.6 is 0 Å². The molecular formula is C44H82MgO4. The number of carboxylic acid groups (broad SMARTS) is 2. The van der Waals surface area contributed by atoms with Crippen molar-refractivity contribution in [2.75, 3.05) is 0 Å². The van der Waals surface area contributed by atoms with Gasteiger partial charge in [-0.05, 0) is 77.0 Å². The van der Waals surface area contributed by atoms with Gasteiger partial charge in [-0.25, -0.2) is 0 Å². The summed E-state index contributed by atoms with van der Waals surface area (Å²) >= 11 is 0. The molecule has 0 aromatic heterocycles. The van der Waals surface area contributed by atoms with Crippen molar-refractivity contribution < 1.29 is 19.8 Å². The Morgan fingerprint density at radius 1 is 0.327 bits per heavy atom. The predicted molar refractivity (Wildman–Crippen MR) is 212 cm³/mol. The number of aliphatic carboxylic acids is 2. The van der Waals surface area contributed by atoms with Crippen molar-refractivity contribution in [3.8, 4) is 0 Å². The topological polar surface area (TPSA) is 80.3 Å². The second kappa shape index (κ2) is 49.3. The molecule has 0 N–H and O–H groups in total. The van der Waals surface area contributed by atoms with E-state index in [1.54, 1.807) is 0 Å². The van der Waals surface area contributed by atoms with Gasteiger partial charge in [-0.1, -0.05) is 192 Å². The van der Waals surface area contributed by atoms with E-state index < -0.39 is 11.9 Å². The first-order valence-corrected chi connectivity index (χ1v) is 21.2. The number of hydrogen-bond donors (Lipinski definition) is 0. The normalized spacial score (nSPS) is 11.1. The molecule has 4 nitrogen and oxygen atoms in total. The van der Waals surface area contributed by atoms with Crippen LogP contribution in [-0.2, 0) is 9.59 Å². The molecule has 284 valence electrons. The molecule has 0 amide bonds. The van der Waals surface area contributed by atoms with Crippen molar-refractivity contribution >= 4 is 35.0 Å². The molecule has 0 bridgehead atoms. The fourth-order valence-corrected chi connectivity index (χ4v) is 6.09. The smallest absolute Gasteiger partial charge is 0.550 e. The third kappa shape index (κ3) is 56.8. The zero-order valence-corrected chi connectivity index (χ0v) is 34.5. The quantitative estimate of drug-likeness (QED) is 0.0365. The van der Waals surface area contributed by atoms with E-state index in [0.717, 1.165) is 25.7 Å². The van der Waals surface area contributed by atoms with E-state index >= 15 is 0 Å². The van der Waals surface area contributed by atoms with Crippen LogP contribution in [0, 0.1) is 0 Å². The Balaban J connectivity index is -0.000000846. The van der Waals surface area contributed by atoms with Crippen molar-refractivity contribution in [3.05, 3.63) is 24.3 Å². The molecule has 0 saturated heterocycles. The Hall–Kier alpha value is -0.814. The second-order valence-electron chi connectivity index (χ2n) is 14.2. The van der Waals surface area contributed by atoms with Gasteiger partial charge >= 0.3 is 23.1 Å². The maximum atomic E-state index is 10.3. The SMILES string of the molecule is CCCCCCCC/C=C/CCCCCCCCCCCC(=O)[O-].CCCCCCCC/C=C/CCCCCCCCCCCC(=O)[O-].[Mg+2]. The standard InChI is InChI=1S/2C22H42O2.Mg/c2*1-2-3-4-5-6-7-8-9-10-11-12-13-14-15-16-17-18-19-20-21-22(23)24;/h2*9-10H,2-8,11-21H2,1H3,(H,23,24);/q;;+2/p-2/b2*10-9+;. The molecule has 0 fully saturated rings. The van der Waals surface area contributed by atoms with Gasteiger partial charge in [-0.15, -0.1) is 0 Å². The second-order valence-corrected chi connectivity index (χ2v) is 14.2. The summed E-state index contributed by atoms with van der Waals surface area (Å²) in [5, 5.41) is 20.5. The molecule has 0 atom stereocenters. The van der Waals surface area contributed by atoms with Crippen molar-refractivity contribution in [2.24, 2.45) is 0 Å². The van der Waals surface area contributed by atoms with E-state index in [2.05, 4.69) is 38.2 Å². The molecule has 0 unspecified atom stereocenters. The molecule has 0 rings (SSSR count). The minimum absolute atomic E-state index is 0. The van der Waals surface area contributed by atoms with E-state index in [-0.39, 0.29) is 35.9 Å². The van der Waals surface area contributed by atoms with Crippen molar-refractivity contribution in [2.45, 2.75) is 245 Å². The summed E-state index contributed by atoms with van der Waals surface area (Å²) in [6.45, 7) is 4.54. The van der Waals surface area contributed by atoms with Crippen LogP contribution < -0.4 is 10.2 Å². The third-order valence-electron chi connectivity index (χ3n) is 9.29. The Morgan fingerprint density at radius 2 is 0.510 bits per heavy atom. The van der Waals surface area contributed by atoms with Gasteiger partial charge in [-0.2, -0.15) is 0 Å². The number of carbonyl (C=O) groups excluding carboxylic acids is 2. The first-order chi connectivity index (χ1) is 23.5. The Labute approximate surface area is 322 Å². The number of hydrogen-bond acceptors (Lipinski definition) is 4. The Kier molecular flexibility index (Phi) is 52.9. The molecule has 0 aliphatic carbocycles. The molecule has 49 heavy (non-hydrogen) atoms. The summed E-state index contributed by atoms with van der Waals surface area (Å²) in [6, 6.07) is 0. The van der Waals surface area contributed by atoms with Crippen LogP contribution in [0.15, 0.2) is 24.3 Å². The van der Waals surface area contributed by atoms with Gasteiger partial charge in [0.25, 0.3) is 0 Å². The van der Waals surface area contributed by atoms with E-state index in [9.17, 15) is 19.8 Å². The first kappa shape index (κ1) is 52.5. The number of carbonyl (C=O) groups is 2. The van der Waals surface area contributed by atoms with Gasteiger partial charge in [0.15, 0.2) is 0 Å². The Morgan fingerprint density at radius 3 is 0.714 bits per heavy atom. The molecule has 0 aliphatic rings. The monoisotopic (exact) mass is 699 g/mol. The van der Waals surface area contributed by atoms with Crippen LogP contribution in [0.1, 0.15) is 245 Å². The molecule has 0 saturated carbocycles. The molecule has 0 spiro atoms. The summed E-state index contributed by atoms with van der Waals surface area (Å²) in [5.74, 6) is -1.81. The largest absolute Gasteiger partial charge is 2.00 e. The van der Waals surface area contributed by atoms with Gasteiger partial charge in [0.05, 0.1) is 0 Å². The fourth-order valence-electron chi connectivity index (χ4n) is 6.09. The predicted octanol–water partition coefficient (Wildman–Crippen LogP) is 12.3. The van der Waals surface area contributed by atoms with Crippen LogP contribution in [0.2, 0.25) is 0 Å².